The molecule has 1 aromatic rings. The normalized spacial score (nSPS) is 16.2. The second kappa shape index (κ2) is 33.7. The minimum absolute atomic E-state index is 0.0424. The minimum atomic E-state index is -1.56. The molecule has 2 rings (SSSR count). The van der Waals surface area contributed by atoms with Gasteiger partial charge in [0.25, 0.3) is 0 Å². The number of likely N-dealkylation sites (tertiary alicyclic amines) is 1. The van der Waals surface area contributed by atoms with Crippen LogP contribution in [0.3, 0.4) is 0 Å². The Morgan fingerprint density at radius 3 is 2.08 bits per heavy atom. The van der Waals surface area contributed by atoms with E-state index >= 15 is 0 Å². The van der Waals surface area contributed by atoms with E-state index in [9.17, 15) is 53.4 Å². The van der Waals surface area contributed by atoms with Crippen molar-refractivity contribution in [3.63, 3.8) is 0 Å². The van der Waals surface area contributed by atoms with Crippen LogP contribution >= 0.6 is 0 Å². The van der Waals surface area contributed by atoms with Gasteiger partial charge in [-0.1, -0.05) is 18.6 Å². The van der Waals surface area contributed by atoms with E-state index in [0.717, 1.165) is 0 Å². The van der Waals surface area contributed by atoms with Crippen molar-refractivity contribution >= 4 is 59.2 Å². The summed E-state index contributed by atoms with van der Waals surface area (Å²) < 4.78 is 0. The maximum absolute atomic E-state index is 14.2. The molecule has 408 valence electrons. The number of nitrogens with one attached hydrogen (secondary N) is 7. The van der Waals surface area contributed by atoms with Gasteiger partial charge in [0.15, 0.2) is 5.96 Å². The van der Waals surface area contributed by atoms with Crippen molar-refractivity contribution in [1.29, 1.82) is 0 Å². The van der Waals surface area contributed by atoms with Gasteiger partial charge in [-0.3, -0.25) is 48.3 Å². The number of guanidine groups is 1. The lowest BCUT2D eigenvalue weighted by atomic mass is 10.0. The zero-order chi connectivity index (χ0) is 54.5. The molecule has 0 aromatic carbocycles. The van der Waals surface area contributed by atoms with Gasteiger partial charge in [-0.05, 0) is 103 Å². The first-order valence-corrected chi connectivity index (χ1v) is 24.3. The molecule has 23 N–H and O–H groups in total. The first-order valence-electron chi connectivity index (χ1n) is 24.3. The lowest BCUT2D eigenvalue weighted by molar-refractivity contribution is -0.142. The highest BCUT2D eigenvalue weighted by atomic mass is 16.4. The van der Waals surface area contributed by atoms with Gasteiger partial charge in [-0.25, -0.2) is 4.79 Å². The Kier molecular flexibility index (Phi) is 28.8. The average Bonchev–Trinajstić information content (AvgIpc) is 3.86. The van der Waals surface area contributed by atoms with Crippen molar-refractivity contribution in [2.45, 2.75) is 132 Å². The van der Waals surface area contributed by atoms with E-state index in [0.29, 0.717) is 44.3 Å². The summed E-state index contributed by atoms with van der Waals surface area (Å²) in [7, 11) is 0. The van der Waals surface area contributed by atoms with Gasteiger partial charge in [0.2, 0.25) is 47.3 Å². The van der Waals surface area contributed by atoms with Gasteiger partial charge in [-0.2, -0.15) is 0 Å². The van der Waals surface area contributed by atoms with Crippen molar-refractivity contribution in [1.82, 2.24) is 47.1 Å². The number of carbonyl (C=O) groups is 9. The monoisotopic (exact) mass is 1030 g/mol. The number of unbranched alkanes of at least 4 members (excludes halogenated alkanes) is 2. The Labute approximate surface area is 423 Å². The van der Waals surface area contributed by atoms with Crippen molar-refractivity contribution in [3.05, 3.63) is 41.9 Å². The quantitative estimate of drug-likeness (QED) is 0.0132. The number of carboxylic acid groups (broad SMARTS) is 1. The van der Waals surface area contributed by atoms with Crippen molar-refractivity contribution in [3.8, 4) is 0 Å². The predicted octanol–water partition coefficient (Wildman–Crippen LogP) is -6.43. The molecule has 0 spiro atoms. The largest absolute Gasteiger partial charge is 0.477 e. The number of aliphatic hydroxyl groups is 1. The summed E-state index contributed by atoms with van der Waals surface area (Å²) in [4.78, 5) is 129. The summed E-state index contributed by atoms with van der Waals surface area (Å²) in [6.45, 7) is 1.19. The van der Waals surface area contributed by atoms with E-state index in [4.69, 9.17) is 40.1 Å². The number of carboxylic acids is 1. The number of pyridine rings is 1. The number of nitrogens with two attached hydrogens (primary N) is 7. The second-order valence-electron chi connectivity index (χ2n) is 17.3. The molecule has 1 saturated heterocycles. The summed E-state index contributed by atoms with van der Waals surface area (Å²) in [6.07, 6.45) is 4.28. The van der Waals surface area contributed by atoms with Gasteiger partial charge in [0, 0.05) is 37.9 Å². The maximum Gasteiger partial charge on any atom is 0.352 e. The molecule has 0 radical (unpaired) electrons. The Balaban J connectivity index is 2.23. The number of amides is 8. The third-order valence-electron chi connectivity index (χ3n) is 11.5. The summed E-state index contributed by atoms with van der Waals surface area (Å²) in [6, 6.07) is -3.87. The maximum atomic E-state index is 14.2. The van der Waals surface area contributed by atoms with Crippen LogP contribution in [0.5, 0.6) is 0 Å². The molecule has 0 bridgehead atoms. The number of aromatic nitrogens is 1. The molecule has 0 unspecified atom stereocenters. The Bertz CT molecular complexity index is 2040. The van der Waals surface area contributed by atoms with E-state index in [1.165, 1.54) is 24.1 Å². The van der Waals surface area contributed by atoms with Gasteiger partial charge in [0.05, 0.1) is 18.7 Å². The molecule has 8 atom stereocenters. The Hall–Kier alpha value is -6.85. The summed E-state index contributed by atoms with van der Waals surface area (Å²) in [5, 5.41) is 37.6. The van der Waals surface area contributed by atoms with Crippen LogP contribution < -0.4 is 77.4 Å². The number of aliphatic carboxylic acids is 1. The highest BCUT2D eigenvalue weighted by Crippen LogP contribution is 2.20. The van der Waals surface area contributed by atoms with E-state index in [1.807, 2.05) is 0 Å². The fourth-order valence-electron chi connectivity index (χ4n) is 7.44. The molecule has 0 aliphatic carbocycles. The van der Waals surface area contributed by atoms with Crippen molar-refractivity contribution in [2.75, 3.05) is 45.8 Å². The first kappa shape index (κ1) is 62.3. The SMILES string of the molecule is C[C@H](NC(=O)[C@@H](NC(=O)[C@@H](N)CCCCN)[C@@H](O)CN)C(=O)NCC(=O)N[C@H](CCCN)C(=O)N1CCC[C@H]1C(=O)N[C@@H](Cc1ccccn1)C(=O)N[C@@H](CCCCN)C(=O)N/C(=C\CCN=C(N)N)C(=O)O. The Morgan fingerprint density at radius 2 is 1.47 bits per heavy atom. The van der Waals surface area contributed by atoms with Crippen molar-refractivity contribution in [2.24, 2.45) is 45.1 Å². The third-order valence-corrected chi connectivity index (χ3v) is 11.5. The molecule has 73 heavy (non-hydrogen) atoms. The van der Waals surface area contributed by atoms with E-state index < -0.39 is 120 Å². The fraction of sp³-hybridized carbons (Fsp3) is 0.622. The van der Waals surface area contributed by atoms with Crippen LogP contribution in [0.15, 0.2) is 41.2 Å². The topological polar surface area (TPSA) is 489 Å². The van der Waals surface area contributed by atoms with Crippen LogP contribution in [-0.2, 0) is 49.6 Å². The smallest absolute Gasteiger partial charge is 0.352 e. The number of hydrogen-bond acceptors (Lipinski definition) is 17. The number of hydrogen-bond donors (Lipinski definition) is 16. The highest BCUT2D eigenvalue weighted by Gasteiger charge is 2.40. The lowest BCUT2D eigenvalue weighted by Gasteiger charge is -2.30. The number of rotatable bonds is 34. The predicted molar refractivity (Wildman–Crippen MR) is 267 cm³/mol. The lowest BCUT2D eigenvalue weighted by Crippen LogP contribution is -2.60. The highest BCUT2D eigenvalue weighted by molar-refractivity contribution is 5.99. The number of nitrogens with zero attached hydrogens (tertiary/aromatic N) is 3. The molecular weight excluding hydrogens is 955 g/mol. The van der Waals surface area contributed by atoms with Crippen LogP contribution in [0.1, 0.15) is 83.2 Å². The molecule has 28 heteroatoms. The number of aliphatic hydroxyl groups excluding tert-OH is 1. The molecule has 8 amide bonds. The average molecular weight is 1030 g/mol. The van der Waals surface area contributed by atoms with E-state index in [-0.39, 0.29) is 77.1 Å². The van der Waals surface area contributed by atoms with Crippen LogP contribution in [-0.4, -0.2) is 173 Å². The van der Waals surface area contributed by atoms with Gasteiger partial charge in [0.1, 0.15) is 41.9 Å². The van der Waals surface area contributed by atoms with Gasteiger partial charge < -0.3 is 92.5 Å². The molecule has 2 heterocycles. The van der Waals surface area contributed by atoms with Gasteiger partial charge >= 0.3 is 5.97 Å². The zero-order valence-electron chi connectivity index (χ0n) is 41.4. The third kappa shape index (κ3) is 22.6. The summed E-state index contributed by atoms with van der Waals surface area (Å²) in [5.74, 6) is -7.99. The molecule has 1 aliphatic heterocycles. The van der Waals surface area contributed by atoms with Crippen LogP contribution in [0.25, 0.3) is 0 Å². The molecule has 0 saturated carbocycles. The Morgan fingerprint density at radius 1 is 0.795 bits per heavy atom. The molecule has 1 aliphatic rings. The van der Waals surface area contributed by atoms with Gasteiger partial charge in [-0.15, -0.1) is 0 Å². The van der Waals surface area contributed by atoms with Crippen molar-refractivity contribution < 1.29 is 53.4 Å². The fourth-order valence-corrected chi connectivity index (χ4v) is 7.44. The van der Waals surface area contributed by atoms with Crippen LogP contribution in [0.4, 0.5) is 0 Å². The number of aliphatic imine (C=N–C) groups is 1. The van der Waals surface area contributed by atoms with Crippen LogP contribution in [0, 0.1) is 0 Å². The summed E-state index contributed by atoms with van der Waals surface area (Å²) in [5.41, 5.74) is 39.0. The second-order valence-corrected chi connectivity index (χ2v) is 17.3. The molecule has 28 nitrogen and oxygen atoms in total. The first-order chi connectivity index (χ1) is 34.8. The van der Waals surface area contributed by atoms with E-state index in [1.54, 1.807) is 18.2 Å². The zero-order valence-corrected chi connectivity index (χ0v) is 41.4. The summed E-state index contributed by atoms with van der Waals surface area (Å²) >= 11 is 0. The molecular formula is C45H77N17O11. The minimum Gasteiger partial charge on any atom is -0.477 e. The number of carbonyl (C=O) groups excluding carboxylic acids is 8. The van der Waals surface area contributed by atoms with E-state index in [2.05, 4.69) is 47.2 Å². The standard InChI is InChI=1S/C45H77N17O11/c1-26(56-42(70)36(34(63)24-49)61-38(66)28(50)12-2-5-17-46)37(65)55-25-35(64)57-30(14-8-19-48)43(71)62-22-10-16-33(62)41(69)60-32(23-27-11-4-7-20-53-27)40(68)58-29(13-3-6-18-47)39(67)59-31(44(72)73)15-9-21-54-45(51)52/h4,7,11,15,20,26,28-30,32-34,36,63H,2-3,5-6,8-10,12-14,16-19,21-25,46-50H2,1H3,(H,55,65)(H,56,70)(H,57,64)(H,58,68)(H,59,67)(H,60,69)(H,61,66)(H,72,73)(H4,51,52,54)/b31-15-/t26-,28-,29-,30+,32-,33-,34-,36-/m0/s1. The van der Waals surface area contributed by atoms with Crippen LogP contribution in [0.2, 0.25) is 0 Å². The molecule has 1 aromatic heterocycles. The molecule has 1 fully saturated rings.